The quantitative estimate of drug-likeness (QED) is 0.607. The summed E-state index contributed by atoms with van der Waals surface area (Å²) in [4.78, 5) is 28.3. The number of nitrogens with one attached hydrogen (secondary N) is 1. The lowest BCUT2D eigenvalue weighted by Crippen LogP contribution is -2.28. The number of methoxy groups -OCH3 is 1. The summed E-state index contributed by atoms with van der Waals surface area (Å²) in [6.45, 7) is 1.63. The highest BCUT2D eigenvalue weighted by atomic mass is 32.2. The number of benzene rings is 1. The highest BCUT2D eigenvalue weighted by molar-refractivity contribution is 7.92. The van der Waals surface area contributed by atoms with E-state index in [2.05, 4.69) is 15.5 Å². The van der Waals surface area contributed by atoms with Crippen molar-refractivity contribution in [3.63, 3.8) is 0 Å². The van der Waals surface area contributed by atoms with Gasteiger partial charge in [0.15, 0.2) is 20.5 Å². The molecule has 0 aliphatic rings. The summed E-state index contributed by atoms with van der Waals surface area (Å²) in [7, 11) is -0.734. The first kappa shape index (κ1) is 20.7. The molecule has 0 atom stereocenters. The fraction of sp³-hybridized carbons (Fsp3) is 0.294. The molecule has 29 heavy (non-hydrogen) atoms. The molecule has 3 aromatic rings. The zero-order valence-corrected chi connectivity index (χ0v) is 17.5. The van der Waals surface area contributed by atoms with Crippen molar-refractivity contribution < 1.29 is 27.3 Å². The SMILES string of the molecule is COc1ccc2c(c1)sc(=NC(=O)CS(=O)(=O)CC(=O)Nc1cc(C)on1)n2C. The zero-order valence-electron chi connectivity index (χ0n) is 15.8. The maximum Gasteiger partial charge on any atom is 0.263 e. The Bertz CT molecular complexity index is 1250. The molecule has 0 aliphatic carbocycles. The molecule has 0 aliphatic heterocycles. The Labute approximate surface area is 169 Å². The lowest BCUT2D eigenvalue weighted by Gasteiger charge is -2.02. The first-order valence-electron chi connectivity index (χ1n) is 8.31. The number of carbonyl (C=O) groups is 2. The van der Waals surface area contributed by atoms with Crippen LogP contribution in [0, 0.1) is 6.92 Å². The molecule has 2 heterocycles. The van der Waals surface area contributed by atoms with Crippen LogP contribution in [0.1, 0.15) is 5.76 Å². The van der Waals surface area contributed by atoms with Crippen LogP contribution in [0.2, 0.25) is 0 Å². The summed E-state index contributed by atoms with van der Waals surface area (Å²) < 4.78 is 36.8. The average molecular weight is 438 g/mol. The molecule has 1 aromatic carbocycles. The van der Waals surface area contributed by atoms with Gasteiger partial charge in [0.1, 0.15) is 23.0 Å². The highest BCUT2D eigenvalue weighted by Gasteiger charge is 2.21. The Balaban J connectivity index is 1.72. The van der Waals surface area contributed by atoms with Crippen LogP contribution < -0.4 is 14.9 Å². The second-order valence-corrected chi connectivity index (χ2v) is 9.26. The Morgan fingerprint density at radius 2 is 2.07 bits per heavy atom. The fourth-order valence-corrected chi connectivity index (χ4v) is 4.61. The number of fused-ring (bicyclic) bond motifs is 1. The molecule has 154 valence electrons. The number of aromatic nitrogens is 2. The number of carbonyl (C=O) groups excluding carboxylic acids is 2. The largest absolute Gasteiger partial charge is 0.497 e. The van der Waals surface area contributed by atoms with Crippen LogP contribution in [0.4, 0.5) is 5.82 Å². The average Bonchev–Trinajstić information content (AvgIpc) is 3.16. The Morgan fingerprint density at radius 1 is 1.31 bits per heavy atom. The van der Waals surface area contributed by atoms with Crippen LogP contribution in [0.5, 0.6) is 5.75 Å². The summed E-state index contributed by atoms with van der Waals surface area (Å²) in [6, 6.07) is 6.85. The van der Waals surface area contributed by atoms with Gasteiger partial charge in [0.2, 0.25) is 5.91 Å². The number of hydrogen-bond acceptors (Lipinski definition) is 8. The van der Waals surface area contributed by atoms with Crippen molar-refractivity contribution in [2.75, 3.05) is 23.9 Å². The van der Waals surface area contributed by atoms with Crippen LogP contribution >= 0.6 is 11.3 Å². The summed E-state index contributed by atoms with van der Waals surface area (Å²) in [6.07, 6.45) is 0. The third kappa shape index (κ3) is 5.09. The van der Waals surface area contributed by atoms with Gasteiger partial charge in [-0.15, -0.1) is 0 Å². The second kappa shape index (κ2) is 8.17. The first-order chi connectivity index (χ1) is 13.7. The Kier molecular flexibility index (Phi) is 5.84. The molecule has 0 radical (unpaired) electrons. The van der Waals surface area contributed by atoms with Crippen molar-refractivity contribution in [2.24, 2.45) is 12.0 Å². The van der Waals surface area contributed by atoms with Gasteiger partial charge in [-0.25, -0.2) is 8.42 Å². The van der Waals surface area contributed by atoms with Crippen molar-refractivity contribution in [3.8, 4) is 5.75 Å². The predicted molar refractivity (Wildman–Crippen MR) is 106 cm³/mol. The van der Waals surface area contributed by atoms with E-state index in [9.17, 15) is 18.0 Å². The lowest BCUT2D eigenvalue weighted by molar-refractivity contribution is -0.115. The van der Waals surface area contributed by atoms with Crippen LogP contribution in [-0.2, 0) is 26.5 Å². The van der Waals surface area contributed by atoms with Crippen LogP contribution in [0.15, 0.2) is 33.8 Å². The van der Waals surface area contributed by atoms with Gasteiger partial charge in [-0.05, 0) is 25.1 Å². The molecule has 1 N–H and O–H groups in total. The fourth-order valence-electron chi connectivity index (χ4n) is 2.53. The number of hydrogen-bond donors (Lipinski definition) is 1. The van der Waals surface area contributed by atoms with Gasteiger partial charge in [-0.1, -0.05) is 16.5 Å². The van der Waals surface area contributed by atoms with E-state index in [-0.39, 0.29) is 5.82 Å². The number of nitrogens with zero attached hydrogens (tertiary/aromatic N) is 3. The van der Waals surface area contributed by atoms with Crippen molar-refractivity contribution in [1.29, 1.82) is 0 Å². The van der Waals surface area contributed by atoms with E-state index >= 15 is 0 Å². The second-order valence-electron chi connectivity index (χ2n) is 6.19. The smallest absolute Gasteiger partial charge is 0.263 e. The number of rotatable bonds is 6. The van der Waals surface area contributed by atoms with Crippen LogP contribution in [-0.4, -0.2) is 48.6 Å². The molecule has 0 bridgehead atoms. The van der Waals surface area contributed by atoms with Gasteiger partial charge in [0.05, 0.1) is 17.3 Å². The molecular weight excluding hydrogens is 420 g/mol. The molecule has 3 rings (SSSR count). The first-order valence-corrected chi connectivity index (χ1v) is 11.0. The van der Waals surface area contributed by atoms with E-state index in [0.717, 1.165) is 10.2 Å². The number of aryl methyl sites for hydroxylation is 2. The normalized spacial score (nSPS) is 12.3. The van der Waals surface area contributed by atoms with Crippen LogP contribution in [0.3, 0.4) is 0 Å². The number of thiazole rings is 1. The molecular formula is C17H18N4O6S2. The number of amides is 2. The van der Waals surface area contributed by atoms with Gasteiger partial charge < -0.3 is 19.1 Å². The third-order valence-electron chi connectivity index (χ3n) is 3.83. The van der Waals surface area contributed by atoms with Gasteiger partial charge in [-0.3, -0.25) is 9.59 Å². The van der Waals surface area contributed by atoms with Gasteiger partial charge >= 0.3 is 0 Å². The summed E-state index contributed by atoms with van der Waals surface area (Å²) >= 11 is 1.23. The van der Waals surface area contributed by atoms with E-state index in [0.29, 0.717) is 16.3 Å². The third-order valence-corrected chi connectivity index (χ3v) is 6.31. The van der Waals surface area contributed by atoms with Gasteiger partial charge in [-0.2, -0.15) is 4.99 Å². The van der Waals surface area contributed by atoms with Crippen molar-refractivity contribution in [3.05, 3.63) is 34.8 Å². The maximum absolute atomic E-state index is 12.2. The molecule has 0 saturated carbocycles. The molecule has 0 saturated heterocycles. The highest BCUT2D eigenvalue weighted by Crippen LogP contribution is 2.22. The van der Waals surface area contributed by atoms with Gasteiger partial charge in [0, 0.05) is 13.1 Å². The standard InChI is InChI=1S/C17H18N4O6S2/c1-10-6-14(20-27-10)18-15(22)8-29(24,25)9-16(23)19-17-21(2)12-5-4-11(26-3)7-13(12)28-17/h4-7H,8-9H2,1-3H3,(H,18,20,22). The van der Waals surface area contributed by atoms with Crippen molar-refractivity contribution >= 4 is 49.0 Å². The van der Waals surface area contributed by atoms with Gasteiger partial charge in [0.25, 0.3) is 5.91 Å². The minimum atomic E-state index is -4.01. The molecule has 0 unspecified atom stereocenters. The molecule has 2 aromatic heterocycles. The maximum atomic E-state index is 12.2. The van der Waals surface area contributed by atoms with Crippen molar-refractivity contribution in [1.82, 2.24) is 9.72 Å². The summed E-state index contributed by atoms with van der Waals surface area (Å²) in [5.74, 6) is -2.19. The number of ether oxygens (including phenoxy) is 1. The van der Waals surface area contributed by atoms with E-state index < -0.39 is 33.2 Å². The Morgan fingerprint density at radius 3 is 2.72 bits per heavy atom. The topological polar surface area (TPSA) is 133 Å². The lowest BCUT2D eigenvalue weighted by atomic mass is 10.3. The number of sulfone groups is 1. The van der Waals surface area contributed by atoms with E-state index in [1.807, 2.05) is 6.07 Å². The summed E-state index contributed by atoms with van der Waals surface area (Å²) in [5, 5.41) is 5.85. The predicted octanol–water partition coefficient (Wildman–Crippen LogP) is 1.03. The molecule has 12 heteroatoms. The van der Waals surface area contributed by atoms with Crippen molar-refractivity contribution in [2.45, 2.75) is 6.92 Å². The van der Waals surface area contributed by atoms with E-state index in [1.54, 1.807) is 37.8 Å². The Hall–Kier alpha value is -2.99. The molecule has 2 amide bonds. The van der Waals surface area contributed by atoms with E-state index in [4.69, 9.17) is 9.26 Å². The zero-order chi connectivity index (χ0) is 21.2. The molecule has 10 nitrogen and oxygen atoms in total. The minimum absolute atomic E-state index is 0.103. The minimum Gasteiger partial charge on any atom is -0.497 e. The number of anilines is 1. The van der Waals surface area contributed by atoms with E-state index in [1.165, 1.54) is 17.4 Å². The summed E-state index contributed by atoms with van der Waals surface area (Å²) in [5.41, 5.74) is 0.826. The van der Waals surface area contributed by atoms with Crippen LogP contribution in [0.25, 0.3) is 10.2 Å². The molecule has 0 spiro atoms. The molecule has 0 fully saturated rings. The monoisotopic (exact) mass is 438 g/mol.